The van der Waals surface area contributed by atoms with Gasteiger partial charge in [-0.15, -0.1) is 9.24 Å². The molecule has 0 N–H and O–H groups in total. The van der Waals surface area contributed by atoms with Crippen LogP contribution in [-0.2, 0) is 36.6 Å². The van der Waals surface area contributed by atoms with Gasteiger partial charge in [0.25, 0.3) is 0 Å². The zero-order chi connectivity index (χ0) is 36.7. The summed E-state index contributed by atoms with van der Waals surface area (Å²) in [4.78, 5) is 0. The minimum atomic E-state index is -0.624. The summed E-state index contributed by atoms with van der Waals surface area (Å²) in [6.07, 6.45) is 22.4. The summed E-state index contributed by atoms with van der Waals surface area (Å²) in [6.45, 7) is 24.1. The van der Waals surface area contributed by atoms with E-state index in [1.54, 1.807) is 93.7 Å². The predicted octanol–water partition coefficient (Wildman–Crippen LogP) is 12.1. The molecule has 8 saturated carbocycles. The van der Waals surface area contributed by atoms with Crippen LogP contribution in [0.4, 0.5) is 0 Å². The second kappa shape index (κ2) is 10.9. The molecule has 4 aliphatic heterocycles. The van der Waals surface area contributed by atoms with Crippen LogP contribution in [0.2, 0.25) is 0 Å². The molecule has 5 heteroatoms. The summed E-state index contributed by atoms with van der Waals surface area (Å²) in [5, 5.41) is 1.18. The normalized spacial score (nSPS) is 51.8. The molecule has 12 bridgehead atoms. The summed E-state index contributed by atoms with van der Waals surface area (Å²) >= 11 is 0. The Morgan fingerprint density at radius 1 is 0.596 bits per heavy atom. The van der Waals surface area contributed by atoms with Gasteiger partial charge >= 0.3 is 0 Å². The largest absolute Gasteiger partial charge is 0.343 e. The highest BCUT2D eigenvalue weighted by Gasteiger charge is 2.78. The maximum Gasteiger partial charge on any atom is 0.172 e. The number of hydrogen-bond donors (Lipinski definition) is 0. The molecule has 12 aliphatic rings. The molecule has 8 aliphatic carbocycles. The molecule has 0 amide bonds. The molecular formula is C47H72O3P2. The maximum absolute atomic E-state index is 7.36. The first-order chi connectivity index (χ1) is 24.1. The van der Waals surface area contributed by atoms with E-state index >= 15 is 0 Å². The molecule has 0 radical (unpaired) electrons. The molecule has 288 valence electrons. The van der Waals surface area contributed by atoms with Crippen molar-refractivity contribution in [2.75, 3.05) is 6.16 Å². The third kappa shape index (κ3) is 4.99. The summed E-state index contributed by atoms with van der Waals surface area (Å²) in [5.41, 5.74) is 5.36. The molecule has 12 fully saturated rings. The lowest BCUT2D eigenvalue weighted by Gasteiger charge is -2.75. The smallest absolute Gasteiger partial charge is 0.172 e. The van der Waals surface area contributed by atoms with Gasteiger partial charge in [0, 0.05) is 12.8 Å². The second-order valence-corrected chi connectivity index (χ2v) is 27.4. The van der Waals surface area contributed by atoms with Crippen molar-refractivity contribution >= 4 is 17.2 Å². The van der Waals surface area contributed by atoms with Crippen LogP contribution in [0, 0.1) is 35.5 Å². The van der Waals surface area contributed by atoms with Crippen LogP contribution in [0.25, 0.3) is 0 Å². The minimum Gasteiger partial charge on any atom is -0.343 e. The summed E-state index contributed by atoms with van der Waals surface area (Å²) < 4.78 is 21.4. The van der Waals surface area contributed by atoms with E-state index in [-0.39, 0.29) is 24.2 Å². The quantitative estimate of drug-likeness (QED) is 0.271. The topological polar surface area (TPSA) is 27.7 Å². The first-order valence-electron chi connectivity index (χ1n) is 21.9. The van der Waals surface area contributed by atoms with Gasteiger partial charge in [-0.25, -0.2) is 0 Å². The van der Waals surface area contributed by atoms with Crippen LogP contribution in [-0.4, -0.2) is 39.3 Å². The Labute approximate surface area is 321 Å². The van der Waals surface area contributed by atoms with E-state index in [1.807, 2.05) is 0 Å². The zero-order valence-corrected chi connectivity index (χ0v) is 36.7. The third-order valence-corrected chi connectivity index (χ3v) is 22.2. The lowest BCUT2D eigenvalue weighted by molar-refractivity contribution is -0.531. The van der Waals surface area contributed by atoms with E-state index in [9.17, 15) is 0 Å². The predicted molar refractivity (Wildman–Crippen MR) is 219 cm³/mol. The molecule has 1 aromatic rings. The Kier molecular flexibility index (Phi) is 7.62. The van der Waals surface area contributed by atoms with Crippen molar-refractivity contribution in [2.45, 2.75) is 215 Å². The Hall–Kier alpha value is -0.0400. The lowest BCUT2D eigenvalue weighted by atomic mass is 9.51. The SMILES string of the molecule is CC12CC3(C)OC(C)(CC(C)(O1)C3(CP)c1cc(C(C)(C)C)c(C(C)(C)C)cc1CP(C13CC4CC(CC(C4)C1)C3)C13CC4CC(CC(C4)C1)C3)O2. The Morgan fingerprint density at radius 2 is 0.962 bits per heavy atom. The highest BCUT2D eigenvalue weighted by atomic mass is 31.1. The second-order valence-electron chi connectivity index (χ2n) is 23.9. The molecular weight excluding hydrogens is 674 g/mol. The van der Waals surface area contributed by atoms with Crippen molar-refractivity contribution in [1.82, 2.24) is 0 Å². The first-order valence-corrected chi connectivity index (χ1v) is 24.2. The molecule has 5 atom stereocenters. The van der Waals surface area contributed by atoms with Crippen LogP contribution in [0.5, 0.6) is 0 Å². The van der Waals surface area contributed by atoms with Gasteiger partial charge in [-0.1, -0.05) is 61.6 Å². The van der Waals surface area contributed by atoms with Gasteiger partial charge in [0.15, 0.2) is 11.6 Å². The van der Waals surface area contributed by atoms with Crippen LogP contribution < -0.4 is 0 Å². The Balaban J connectivity index is 1.21. The standard InChI is InChI=1S/C47H72O3P2/c1-39(2,3)37-17-35(36(18-38(37)40(4,5)6)47(28-51)41(7)26-43(9)49-42(47,8)27-44(10,48-41)50-43)25-52(45-19-29-11-30(20-45)13-31(12-29)21-45)46-22-32-14-33(23-46)16-34(15-32)24-46/h17-18,29-34H,11-16,19-28,51H2,1-10H3. The van der Waals surface area contributed by atoms with E-state index in [0.717, 1.165) is 54.5 Å². The van der Waals surface area contributed by atoms with Crippen LogP contribution in [0.15, 0.2) is 12.1 Å². The molecule has 5 unspecified atom stereocenters. The molecule has 52 heavy (non-hydrogen) atoms. The van der Waals surface area contributed by atoms with Crippen LogP contribution in [0.1, 0.15) is 181 Å². The van der Waals surface area contributed by atoms with Crippen molar-refractivity contribution in [2.24, 2.45) is 35.5 Å². The van der Waals surface area contributed by atoms with Gasteiger partial charge in [-0.3, -0.25) is 0 Å². The van der Waals surface area contributed by atoms with Gasteiger partial charge < -0.3 is 14.2 Å². The summed E-state index contributed by atoms with van der Waals surface area (Å²) in [5.74, 6) is 4.76. The fourth-order valence-electron chi connectivity index (χ4n) is 17.3. The Bertz CT molecular complexity index is 1500. The van der Waals surface area contributed by atoms with Crippen molar-refractivity contribution in [3.05, 3.63) is 34.4 Å². The highest BCUT2D eigenvalue weighted by Crippen LogP contribution is 2.80. The molecule has 13 rings (SSSR count). The maximum atomic E-state index is 7.36. The van der Waals surface area contributed by atoms with Crippen molar-refractivity contribution in [1.29, 1.82) is 0 Å². The van der Waals surface area contributed by atoms with Gasteiger partial charge in [0.05, 0.1) is 16.6 Å². The van der Waals surface area contributed by atoms with Crippen LogP contribution in [0.3, 0.4) is 0 Å². The third-order valence-electron chi connectivity index (χ3n) is 17.5. The van der Waals surface area contributed by atoms with Gasteiger partial charge in [0.1, 0.15) is 0 Å². The number of rotatable bonds is 6. The summed E-state index contributed by atoms with van der Waals surface area (Å²) in [6, 6.07) is 5.59. The van der Waals surface area contributed by atoms with Gasteiger partial charge in [-0.05, 0) is 196 Å². The fourth-order valence-corrected chi connectivity index (χ4v) is 23.5. The zero-order valence-electron chi connectivity index (χ0n) is 34.7. The average Bonchev–Trinajstić information content (AvgIpc) is 2.95. The molecule has 1 aromatic carbocycles. The van der Waals surface area contributed by atoms with Crippen molar-refractivity contribution < 1.29 is 14.2 Å². The molecule has 0 aromatic heterocycles. The highest BCUT2D eigenvalue weighted by molar-refractivity contribution is 7.60. The van der Waals surface area contributed by atoms with Gasteiger partial charge in [0.2, 0.25) is 0 Å². The van der Waals surface area contributed by atoms with Gasteiger partial charge in [-0.2, -0.15) is 0 Å². The lowest BCUT2D eigenvalue weighted by Crippen LogP contribution is -2.84. The van der Waals surface area contributed by atoms with Crippen LogP contribution >= 0.6 is 17.2 Å². The average molecular weight is 747 g/mol. The van der Waals surface area contributed by atoms with Crippen molar-refractivity contribution in [3.8, 4) is 0 Å². The first kappa shape index (κ1) is 36.3. The van der Waals surface area contributed by atoms with E-state index in [4.69, 9.17) is 14.2 Å². The Morgan fingerprint density at radius 3 is 1.31 bits per heavy atom. The van der Waals surface area contributed by atoms with E-state index in [2.05, 4.69) is 90.6 Å². The summed E-state index contributed by atoms with van der Waals surface area (Å²) in [7, 11) is 3.07. The number of benzene rings is 1. The monoisotopic (exact) mass is 746 g/mol. The fraction of sp³-hybridized carbons (Fsp3) is 0.872. The van der Waals surface area contributed by atoms with E-state index in [0.29, 0.717) is 10.3 Å². The molecule has 4 heterocycles. The van der Waals surface area contributed by atoms with E-state index in [1.165, 1.54) is 11.7 Å². The van der Waals surface area contributed by atoms with E-state index < -0.39 is 22.8 Å². The molecule has 4 saturated heterocycles. The molecule has 0 spiro atoms. The minimum absolute atomic E-state index is 0.0268. The van der Waals surface area contributed by atoms with Crippen molar-refractivity contribution in [3.63, 3.8) is 0 Å². The molecule has 3 nitrogen and oxygen atoms in total. The number of hydrogen-bond acceptors (Lipinski definition) is 3. The number of ether oxygens (including phenoxy) is 3.